The van der Waals surface area contributed by atoms with Gasteiger partial charge in [-0.1, -0.05) is 45.7 Å². The Morgan fingerprint density at radius 1 is 1.30 bits per heavy atom. The van der Waals surface area contributed by atoms with Crippen molar-refractivity contribution in [2.75, 3.05) is 18.4 Å². The third-order valence-corrected chi connectivity index (χ3v) is 3.38. The van der Waals surface area contributed by atoms with E-state index in [9.17, 15) is 0 Å². The minimum Gasteiger partial charge on any atom is -0.315 e. The molecular formula is C7H15Br2N. The van der Waals surface area contributed by atoms with Crippen LogP contribution in [0.15, 0.2) is 0 Å². The molecule has 1 atom stereocenters. The zero-order valence-corrected chi connectivity index (χ0v) is 9.70. The van der Waals surface area contributed by atoms with Crippen LogP contribution in [0.2, 0.25) is 0 Å². The van der Waals surface area contributed by atoms with Crippen molar-refractivity contribution in [2.24, 2.45) is 5.92 Å². The smallest absolute Gasteiger partial charge is 0.0367 e. The van der Waals surface area contributed by atoms with Crippen LogP contribution in [0.4, 0.5) is 0 Å². The van der Waals surface area contributed by atoms with Gasteiger partial charge in [-0.15, -0.1) is 0 Å². The molecule has 0 bridgehead atoms. The molecule has 0 heterocycles. The summed E-state index contributed by atoms with van der Waals surface area (Å²) in [7, 11) is 0. The molecule has 1 N–H and O–H groups in total. The van der Waals surface area contributed by atoms with Crippen LogP contribution in [0.1, 0.15) is 13.8 Å². The molecule has 0 aliphatic carbocycles. The lowest BCUT2D eigenvalue weighted by molar-refractivity contribution is 0.556. The normalized spacial score (nSPS) is 14.1. The highest BCUT2D eigenvalue weighted by Gasteiger charge is 2.00. The fourth-order valence-corrected chi connectivity index (χ4v) is 1.04. The van der Waals surface area contributed by atoms with Crippen LogP contribution >= 0.6 is 31.9 Å². The van der Waals surface area contributed by atoms with Gasteiger partial charge in [0.2, 0.25) is 0 Å². The molecule has 0 saturated carbocycles. The molecule has 10 heavy (non-hydrogen) atoms. The molecule has 0 aliphatic rings. The van der Waals surface area contributed by atoms with Crippen molar-refractivity contribution in [1.29, 1.82) is 0 Å². The lowest BCUT2D eigenvalue weighted by Gasteiger charge is -2.09. The van der Waals surface area contributed by atoms with Crippen LogP contribution in [-0.4, -0.2) is 23.2 Å². The van der Waals surface area contributed by atoms with Crippen LogP contribution in [0.25, 0.3) is 0 Å². The van der Waals surface area contributed by atoms with Crippen molar-refractivity contribution < 1.29 is 0 Å². The molecule has 0 spiro atoms. The van der Waals surface area contributed by atoms with Gasteiger partial charge in [-0.2, -0.15) is 0 Å². The highest BCUT2D eigenvalue weighted by atomic mass is 79.9. The largest absolute Gasteiger partial charge is 0.315 e. The Balaban J connectivity index is 3.03. The van der Waals surface area contributed by atoms with Crippen LogP contribution in [0.3, 0.4) is 0 Å². The second-order valence-electron chi connectivity index (χ2n) is 2.80. The van der Waals surface area contributed by atoms with Gasteiger partial charge in [0.1, 0.15) is 0 Å². The Morgan fingerprint density at radius 2 is 1.90 bits per heavy atom. The molecule has 0 radical (unpaired) electrons. The summed E-state index contributed by atoms with van der Waals surface area (Å²) in [6.45, 7) is 6.58. The average Bonchev–Trinajstić information content (AvgIpc) is 1.87. The maximum atomic E-state index is 3.52. The summed E-state index contributed by atoms with van der Waals surface area (Å²) in [5, 5.41) is 4.37. The topological polar surface area (TPSA) is 12.0 Å². The summed E-state index contributed by atoms with van der Waals surface area (Å²) < 4.78 is 0. The first kappa shape index (κ1) is 10.9. The molecule has 0 aromatic rings. The Labute approximate surface area is 80.2 Å². The van der Waals surface area contributed by atoms with Crippen LogP contribution in [0, 0.1) is 5.92 Å². The summed E-state index contributed by atoms with van der Waals surface area (Å²) in [6, 6.07) is 0. The Kier molecular flexibility index (Phi) is 7.23. The van der Waals surface area contributed by atoms with Crippen molar-refractivity contribution in [2.45, 2.75) is 18.7 Å². The van der Waals surface area contributed by atoms with Gasteiger partial charge in [-0.25, -0.2) is 0 Å². The lowest BCUT2D eigenvalue weighted by Crippen LogP contribution is -2.27. The van der Waals surface area contributed by atoms with Gasteiger partial charge in [0.25, 0.3) is 0 Å². The van der Waals surface area contributed by atoms with Gasteiger partial charge < -0.3 is 5.32 Å². The van der Waals surface area contributed by atoms with E-state index in [2.05, 4.69) is 51.0 Å². The second-order valence-corrected chi connectivity index (χ2v) is 4.75. The van der Waals surface area contributed by atoms with Gasteiger partial charge >= 0.3 is 0 Å². The molecule has 0 saturated heterocycles. The number of hydrogen-bond acceptors (Lipinski definition) is 1. The predicted octanol–water partition coefficient (Wildman–Crippen LogP) is 2.39. The van der Waals surface area contributed by atoms with Crippen molar-refractivity contribution in [1.82, 2.24) is 5.32 Å². The summed E-state index contributed by atoms with van der Waals surface area (Å²) in [6.07, 6.45) is 0. The van der Waals surface area contributed by atoms with Gasteiger partial charge in [0, 0.05) is 16.7 Å². The first-order valence-corrected chi connectivity index (χ1v) is 5.61. The van der Waals surface area contributed by atoms with Gasteiger partial charge in [-0.05, 0) is 12.5 Å². The molecule has 0 aliphatic heterocycles. The van der Waals surface area contributed by atoms with E-state index in [1.54, 1.807) is 0 Å². The maximum Gasteiger partial charge on any atom is 0.0367 e. The summed E-state index contributed by atoms with van der Waals surface area (Å²) in [4.78, 5) is 0.561. The van der Waals surface area contributed by atoms with Crippen molar-refractivity contribution >= 4 is 31.9 Å². The highest BCUT2D eigenvalue weighted by molar-refractivity contribution is 9.12. The fourth-order valence-electron chi connectivity index (χ4n) is 0.583. The molecule has 0 rings (SSSR count). The van der Waals surface area contributed by atoms with E-state index in [4.69, 9.17) is 0 Å². The molecular weight excluding hydrogens is 258 g/mol. The monoisotopic (exact) mass is 271 g/mol. The van der Waals surface area contributed by atoms with E-state index in [1.807, 2.05) is 0 Å². The van der Waals surface area contributed by atoms with E-state index in [1.165, 1.54) is 0 Å². The molecule has 3 heteroatoms. The molecule has 0 aromatic heterocycles. The molecule has 1 nitrogen and oxygen atoms in total. The van der Waals surface area contributed by atoms with E-state index >= 15 is 0 Å². The van der Waals surface area contributed by atoms with Crippen molar-refractivity contribution in [3.63, 3.8) is 0 Å². The zero-order valence-electron chi connectivity index (χ0n) is 6.53. The Hall–Kier alpha value is 0.920. The number of alkyl halides is 2. The zero-order chi connectivity index (χ0) is 7.98. The second kappa shape index (κ2) is 6.62. The van der Waals surface area contributed by atoms with Gasteiger partial charge in [0.05, 0.1) is 0 Å². The first-order valence-electron chi connectivity index (χ1n) is 3.57. The van der Waals surface area contributed by atoms with E-state index < -0.39 is 0 Å². The molecule has 62 valence electrons. The third-order valence-electron chi connectivity index (χ3n) is 1.09. The first-order chi connectivity index (χ1) is 4.66. The summed E-state index contributed by atoms with van der Waals surface area (Å²) in [5.74, 6) is 0.745. The van der Waals surface area contributed by atoms with E-state index in [0.29, 0.717) is 4.83 Å². The van der Waals surface area contributed by atoms with Crippen LogP contribution < -0.4 is 5.32 Å². The quantitative estimate of drug-likeness (QED) is 0.758. The fraction of sp³-hybridized carbons (Fsp3) is 1.00. The number of hydrogen-bond donors (Lipinski definition) is 1. The van der Waals surface area contributed by atoms with Gasteiger partial charge in [-0.3, -0.25) is 0 Å². The SMILES string of the molecule is CC(C)CNC[C@@H](Br)CBr. The minimum absolute atomic E-state index is 0.561. The third kappa shape index (κ3) is 7.03. The number of rotatable bonds is 5. The Bertz CT molecular complexity index is 76.0. The van der Waals surface area contributed by atoms with Crippen molar-refractivity contribution in [3.05, 3.63) is 0 Å². The maximum absolute atomic E-state index is 3.52. The summed E-state index contributed by atoms with van der Waals surface area (Å²) >= 11 is 6.91. The lowest BCUT2D eigenvalue weighted by atomic mass is 10.2. The number of nitrogens with one attached hydrogen (secondary N) is 1. The van der Waals surface area contributed by atoms with Crippen LogP contribution in [-0.2, 0) is 0 Å². The van der Waals surface area contributed by atoms with E-state index in [-0.39, 0.29) is 0 Å². The average molecular weight is 273 g/mol. The molecule has 0 unspecified atom stereocenters. The number of halogens is 2. The predicted molar refractivity (Wildman–Crippen MR) is 54.2 cm³/mol. The van der Waals surface area contributed by atoms with Crippen LogP contribution in [0.5, 0.6) is 0 Å². The molecule has 0 fully saturated rings. The summed E-state index contributed by atoms with van der Waals surface area (Å²) in [5.41, 5.74) is 0. The highest BCUT2D eigenvalue weighted by Crippen LogP contribution is 2.01. The Morgan fingerprint density at radius 3 is 2.30 bits per heavy atom. The molecule has 0 aromatic carbocycles. The minimum atomic E-state index is 0.561. The van der Waals surface area contributed by atoms with Gasteiger partial charge in [0.15, 0.2) is 0 Å². The van der Waals surface area contributed by atoms with E-state index in [0.717, 1.165) is 24.3 Å². The molecule has 0 amide bonds. The van der Waals surface area contributed by atoms with Crippen molar-refractivity contribution in [3.8, 4) is 0 Å². The standard InChI is InChI=1S/C7H15Br2N/c1-6(2)4-10-5-7(9)3-8/h6-7,10H,3-5H2,1-2H3/t7-/m0/s1.